The molecule has 3 heteroatoms. The summed E-state index contributed by atoms with van der Waals surface area (Å²) in [7, 11) is 1.65. The van der Waals surface area contributed by atoms with Gasteiger partial charge in [-0.15, -0.1) is 0 Å². The average molecular weight is 314 g/mol. The average Bonchev–Trinajstić information content (AvgIpc) is 2.43. The number of carbonyl (C=O) groups excluding carboxylic acids is 1. The Balaban J connectivity index is 2.38. The maximum Gasteiger partial charge on any atom is 0.251 e. The lowest BCUT2D eigenvalue weighted by Crippen LogP contribution is -2.17. The van der Waals surface area contributed by atoms with Gasteiger partial charge < -0.3 is 5.32 Å². The predicted molar refractivity (Wildman–Crippen MR) is 82.5 cm³/mol. The molecule has 0 aliphatic carbocycles. The van der Waals surface area contributed by atoms with Crippen LogP contribution in [0.3, 0.4) is 0 Å². The minimum absolute atomic E-state index is 0.0536. The minimum atomic E-state index is -0.0536. The number of fused-ring (bicyclic) bond motifs is 2. The third-order valence-electron chi connectivity index (χ3n) is 3.27. The first-order chi connectivity index (χ1) is 9.19. The first-order valence-corrected chi connectivity index (χ1v) is 6.82. The van der Waals surface area contributed by atoms with Crippen LogP contribution >= 0.6 is 15.9 Å². The highest BCUT2D eigenvalue weighted by atomic mass is 79.9. The molecule has 1 N–H and O–H groups in total. The predicted octanol–water partition coefficient (Wildman–Crippen LogP) is 4.12. The zero-order valence-electron chi connectivity index (χ0n) is 10.4. The fraction of sp³-hybridized carbons (Fsp3) is 0.0625. The van der Waals surface area contributed by atoms with Crippen LogP contribution in [0.4, 0.5) is 0 Å². The second kappa shape index (κ2) is 4.67. The lowest BCUT2D eigenvalue weighted by atomic mass is 9.99. The SMILES string of the molecule is CNC(=O)c1cccc2cc3cc(Br)ccc3cc12. The molecule has 1 amide bonds. The Bertz CT molecular complexity index is 795. The Labute approximate surface area is 119 Å². The van der Waals surface area contributed by atoms with Gasteiger partial charge in [-0.25, -0.2) is 0 Å². The van der Waals surface area contributed by atoms with Crippen LogP contribution in [0.15, 0.2) is 53.0 Å². The van der Waals surface area contributed by atoms with Crippen LogP contribution in [0.25, 0.3) is 21.5 Å². The number of benzene rings is 3. The van der Waals surface area contributed by atoms with Crippen LogP contribution in [-0.4, -0.2) is 13.0 Å². The summed E-state index contributed by atoms with van der Waals surface area (Å²) in [6, 6.07) is 16.1. The maximum absolute atomic E-state index is 11.9. The fourth-order valence-electron chi connectivity index (χ4n) is 2.33. The van der Waals surface area contributed by atoms with E-state index < -0.39 is 0 Å². The largest absolute Gasteiger partial charge is 0.355 e. The van der Waals surface area contributed by atoms with Gasteiger partial charge in [-0.2, -0.15) is 0 Å². The molecule has 0 fully saturated rings. The van der Waals surface area contributed by atoms with Crippen molar-refractivity contribution in [3.63, 3.8) is 0 Å². The van der Waals surface area contributed by atoms with Gasteiger partial charge in [0.15, 0.2) is 0 Å². The van der Waals surface area contributed by atoms with Crippen molar-refractivity contribution >= 4 is 43.4 Å². The number of amides is 1. The molecule has 0 aliphatic rings. The Kier molecular flexibility index (Phi) is 2.99. The van der Waals surface area contributed by atoms with Gasteiger partial charge >= 0.3 is 0 Å². The summed E-state index contributed by atoms with van der Waals surface area (Å²) in [5.74, 6) is -0.0536. The molecule has 0 bridgehead atoms. The summed E-state index contributed by atoms with van der Waals surface area (Å²) in [4.78, 5) is 11.9. The van der Waals surface area contributed by atoms with E-state index in [0.717, 1.165) is 26.0 Å². The first kappa shape index (κ1) is 12.2. The Morgan fingerprint density at radius 1 is 1.00 bits per heavy atom. The Morgan fingerprint density at radius 3 is 2.63 bits per heavy atom. The molecule has 0 heterocycles. The molecule has 94 valence electrons. The monoisotopic (exact) mass is 313 g/mol. The molecular formula is C16H12BrNO. The number of nitrogens with one attached hydrogen (secondary N) is 1. The van der Waals surface area contributed by atoms with E-state index in [-0.39, 0.29) is 5.91 Å². The highest BCUT2D eigenvalue weighted by molar-refractivity contribution is 9.10. The number of hydrogen-bond donors (Lipinski definition) is 1. The second-order valence-electron chi connectivity index (χ2n) is 4.45. The van der Waals surface area contributed by atoms with Crippen molar-refractivity contribution in [1.29, 1.82) is 0 Å². The highest BCUT2D eigenvalue weighted by Crippen LogP contribution is 2.27. The van der Waals surface area contributed by atoms with Crippen LogP contribution < -0.4 is 5.32 Å². The Hall–Kier alpha value is -1.87. The molecule has 19 heavy (non-hydrogen) atoms. The summed E-state index contributed by atoms with van der Waals surface area (Å²) in [5.41, 5.74) is 0.713. The van der Waals surface area contributed by atoms with Gasteiger partial charge in [-0.05, 0) is 51.9 Å². The first-order valence-electron chi connectivity index (χ1n) is 6.03. The van der Waals surface area contributed by atoms with E-state index in [1.165, 1.54) is 0 Å². The molecule has 3 aromatic rings. The van der Waals surface area contributed by atoms with Gasteiger partial charge in [0.05, 0.1) is 0 Å². The smallest absolute Gasteiger partial charge is 0.251 e. The molecule has 0 aliphatic heterocycles. The van der Waals surface area contributed by atoms with E-state index in [2.05, 4.69) is 45.5 Å². The van der Waals surface area contributed by atoms with E-state index in [0.29, 0.717) is 5.56 Å². The van der Waals surface area contributed by atoms with Crippen LogP contribution in [0.2, 0.25) is 0 Å². The van der Waals surface area contributed by atoms with Crippen molar-refractivity contribution in [3.8, 4) is 0 Å². The van der Waals surface area contributed by atoms with Crippen molar-refractivity contribution < 1.29 is 4.79 Å². The minimum Gasteiger partial charge on any atom is -0.355 e. The van der Waals surface area contributed by atoms with Crippen molar-refractivity contribution in [2.24, 2.45) is 0 Å². The van der Waals surface area contributed by atoms with E-state index in [1.54, 1.807) is 7.05 Å². The molecule has 0 saturated heterocycles. The van der Waals surface area contributed by atoms with Crippen molar-refractivity contribution in [2.75, 3.05) is 7.05 Å². The number of halogens is 1. The molecule has 0 unspecified atom stereocenters. The lowest BCUT2D eigenvalue weighted by Gasteiger charge is -2.07. The van der Waals surface area contributed by atoms with E-state index in [9.17, 15) is 4.79 Å². The molecule has 0 atom stereocenters. The van der Waals surface area contributed by atoms with Crippen molar-refractivity contribution in [3.05, 3.63) is 58.6 Å². The number of rotatable bonds is 1. The fourth-order valence-corrected chi connectivity index (χ4v) is 2.71. The normalized spacial score (nSPS) is 10.8. The summed E-state index contributed by atoms with van der Waals surface area (Å²) >= 11 is 3.48. The molecule has 2 nitrogen and oxygen atoms in total. The van der Waals surface area contributed by atoms with Gasteiger partial charge in [0.2, 0.25) is 0 Å². The van der Waals surface area contributed by atoms with Gasteiger partial charge in [0.1, 0.15) is 0 Å². The summed E-state index contributed by atoms with van der Waals surface area (Å²) < 4.78 is 1.06. The van der Waals surface area contributed by atoms with Gasteiger partial charge in [-0.3, -0.25) is 4.79 Å². The lowest BCUT2D eigenvalue weighted by molar-refractivity contribution is 0.0965. The van der Waals surface area contributed by atoms with E-state index >= 15 is 0 Å². The Morgan fingerprint density at radius 2 is 1.84 bits per heavy atom. The standard InChI is InChI=1S/C16H12BrNO/c1-18-16(19)14-4-2-3-11-7-12-8-13(17)6-5-10(12)9-15(11)14/h2-9H,1H3,(H,18,19). The second-order valence-corrected chi connectivity index (χ2v) is 5.37. The maximum atomic E-state index is 11.9. The van der Waals surface area contributed by atoms with Crippen LogP contribution in [0.1, 0.15) is 10.4 Å². The summed E-state index contributed by atoms with van der Waals surface area (Å²) in [6.45, 7) is 0. The zero-order valence-corrected chi connectivity index (χ0v) is 12.0. The van der Waals surface area contributed by atoms with Crippen LogP contribution in [-0.2, 0) is 0 Å². The highest BCUT2D eigenvalue weighted by Gasteiger charge is 2.08. The molecule has 0 radical (unpaired) electrons. The quantitative estimate of drug-likeness (QED) is 0.673. The van der Waals surface area contributed by atoms with Crippen molar-refractivity contribution in [1.82, 2.24) is 5.32 Å². The topological polar surface area (TPSA) is 29.1 Å². The van der Waals surface area contributed by atoms with Crippen molar-refractivity contribution in [2.45, 2.75) is 0 Å². The van der Waals surface area contributed by atoms with Gasteiger partial charge in [-0.1, -0.05) is 34.1 Å². The molecule has 3 aromatic carbocycles. The zero-order chi connectivity index (χ0) is 13.4. The number of hydrogen-bond acceptors (Lipinski definition) is 1. The van der Waals surface area contributed by atoms with E-state index in [1.807, 2.05) is 24.3 Å². The molecule has 3 rings (SSSR count). The molecular weight excluding hydrogens is 302 g/mol. The molecule has 0 spiro atoms. The summed E-state index contributed by atoms with van der Waals surface area (Å²) in [5, 5.41) is 7.04. The third-order valence-corrected chi connectivity index (χ3v) is 3.76. The number of carbonyl (C=O) groups is 1. The third kappa shape index (κ3) is 2.10. The molecule has 0 aromatic heterocycles. The van der Waals surface area contributed by atoms with Gasteiger partial charge in [0.25, 0.3) is 5.91 Å². The van der Waals surface area contributed by atoms with Gasteiger partial charge in [0, 0.05) is 17.1 Å². The van der Waals surface area contributed by atoms with E-state index in [4.69, 9.17) is 0 Å². The summed E-state index contributed by atoms with van der Waals surface area (Å²) in [6.07, 6.45) is 0. The van der Waals surface area contributed by atoms with Crippen LogP contribution in [0, 0.1) is 0 Å². The molecule has 0 saturated carbocycles. The van der Waals surface area contributed by atoms with Crippen LogP contribution in [0.5, 0.6) is 0 Å².